The molecule has 1 aromatic rings. The van der Waals surface area contributed by atoms with Crippen molar-refractivity contribution in [3.63, 3.8) is 0 Å². The largest absolute Gasteiger partial charge is 0.488 e. The molecule has 3 heteroatoms. The van der Waals surface area contributed by atoms with E-state index >= 15 is 0 Å². The number of hydrogen-bond donors (Lipinski definition) is 1. The fourth-order valence-corrected chi connectivity index (χ4v) is 1.48. The van der Waals surface area contributed by atoms with E-state index in [4.69, 9.17) is 10.5 Å². The lowest BCUT2D eigenvalue weighted by Crippen LogP contribution is -2.38. The van der Waals surface area contributed by atoms with E-state index in [1.54, 1.807) is 6.07 Å². The lowest BCUT2D eigenvalue weighted by atomic mass is 9.89. The molecule has 0 saturated carbocycles. The molecule has 0 aliphatic rings. The molecule has 0 saturated heterocycles. The third-order valence-electron chi connectivity index (χ3n) is 2.59. The molecule has 0 aliphatic heterocycles. The minimum absolute atomic E-state index is 0.0322. The number of aryl methyl sites for hydroxylation is 1. The highest BCUT2D eigenvalue weighted by Gasteiger charge is 2.25. The van der Waals surface area contributed by atoms with Crippen LogP contribution in [0.2, 0.25) is 0 Å². The number of hydrogen-bond acceptors (Lipinski definition) is 2. The Morgan fingerprint density at radius 3 is 2.44 bits per heavy atom. The van der Waals surface area contributed by atoms with Crippen molar-refractivity contribution in [2.45, 2.75) is 33.8 Å². The maximum Gasteiger partial charge on any atom is 0.123 e. The van der Waals surface area contributed by atoms with Crippen LogP contribution in [0.4, 0.5) is 4.39 Å². The maximum absolute atomic E-state index is 12.9. The van der Waals surface area contributed by atoms with Gasteiger partial charge in [0.2, 0.25) is 0 Å². The fraction of sp³-hybridized carbons (Fsp3) is 0.538. The molecule has 0 radical (unpaired) electrons. The quantitative estimate of drug-likeness (QED) is 0.858. The third kappa shape index (κ3) is 3.20. The molecule has 2 nitrogen and oxygen atoms in total. The molecule has 1 aromatic carbocycles. The van der Waals surface area contributed by atoms with Crippen molar-refractivity contribution in [3.05, 3.63) is 29.6 Å². The van der Waals surface area contributed by atoms with Gasteiger partial charge in [-0.2, -0.15) is 0 Å². The molecule has 16 heavy (non-hydrogen) atoms. The van der Waals surface area contributed by atoms with Gasteiger partial charge in [0.1, 0.15) is 17.7 Å². The van der Waals surface area contributed by atoms with Gasteiger partial charge in [-0.25, -0.2) is 4.39 Å². The summed E-state index contributed by atoms with van der Waals surface area (Å²) in [6.45, 7) is 8.49. The molecular formula is C13H20FNO. The van der Waals surface area contributed by atoms with E-state index in [9.17, 15) is 4.39 Å². The number of halogens is 1. The van der Waals surface area contributed by atoms with Gasteiger partial charge in [0.15, 0.2) is 0 Å². The highest BCUT2D eigenvalue weighted by molar-refractivity contribution is 5.32. The van der Waals surface area contributed by atoms with Crippen LogP contribution >= 0.6 is 0 Å². The minimum Gasteiger partial charge on any atom is -0.488 e. The summed E-state index contributed by atoms with van der Waals surface area (Å²) >= 11 is 0. The van der Waals surface area contributed by atoms with E-state index in [1.165, 1.54) is 12.1 Å². The van der Waals surface area contributed by atoms with Crippen molar-refractivity contribution < 1.29 is 9.13 Å². The smallest absolute Gasteiger partial charge is 0.123 e. The summed E-state index contributed by atoms with van der Waals surface area (Å²) in [6.07, 6.45) is -0.0725. The summed E-state index contributed by atoms with van der Waals surface area (Å²) in [6, 6.07) is 4.52. The highest BCUT2D eigenvalue weighted by Crippen LogP contribution is 2.26. The standard InChI is InChI=1S/C13H20FNO/c1-9-7-10(14)5-6-11(9)16-12(8-15)13(2,3)4/h5-7,12H,8,15H2,1-4H3. The van der Waals surface area contributed by atoms with Gasteiger partial charge in [0.25, 0.3) is 0 Å². The molecule has 1 atom stereocenters. The first kappa shape index (κ1) is 13.0. The van der Waals surface area contributed by atoms with Crippen LogP contribution in [0.1, 0.15) is 26.3 Å². The highest BCUT2D eigenvalue weighted by atomic mass is 19.1. The van der Waals surface area contributed by atoms with Crippen molar-refractivity contribution in [2.24, 2.45) is 11.1 Å². The van der Waals surface area contributed by atoms with Crippen molar-refractivity contribution in [2.75, 3.05) is 6.54 Å². The first-order valence-corrected chi connectivity index (χ1v) is 5.47. The van der Waals surface area contributed by atoms with Gasteiger partial charge in [0.05, 0.1) is 0 Å². The van der Waals surface area contributed by atoms with E-state index < -0.39 is 0 Å². The SMILES string of the molecule is Cc1cc(F)ccc1OC(CN)C(C)(C)C. The zero-order valence-corrected chi connectivity index (χ0v) is 10.4. The van der Waals surface area contributed by atoms with Crippen LogP contribution in [0.5, 0.6) is 5.75 Å². The van der Waals surface area contributed by atoms with E-state index in [0.717, 1.165) is 5.56 Å². The van der Waals surface area contributed by atoms with Gasteiger partial charge in [-0.1, -0.05) is 20.8 Å². The molecule has 90 valence electrons. The summed E-state index contributed by atoms with van der Waals surface area (Å²) in [5, 5.41) is 0. The van der Waals surface area contributed by atoms with Crippen LogP contribution in [0.3, 0.4) is 0 Å². The first-order valence-electron chi connectivity index (χ1n) is 5.47. The molecule has 1 unspecified atom stereocenters. The average molecular weight is 225 g/mol. The van der Waals surface area contributed by atoms with Gasteiger partial charge in [-0.05, 0) is 30.7 Å². The van der Waals surface area contributed by atoms with Gasteiger partial charge in [-0.3, -0.25) is 0 Å². The second-order valence-corrected chi connectivity index (χ2v) is 5.12. The number of ether oxygens (including phenoxy) is 1. The summed E-state index contributed by atoms with van der Waals surface area (Å²) in [4.78, 5) is 0. The molecule has 0 heterocycles. The topological polar surface area (TPSA) is 35.2 Å². The zero-order valence-electron chi connectivity index (χ0n) is 10.4. The van der Waals surface area contributed by atoms with Crippen molar-refractivity contribution in [1.29, 1.82) is 0 Å². The predicted octanol–water partition coefficient (Wildman–Crippen LogP) is 2.89. The normalized spacial score (nSPS) is 13.6. The Balaban J connectivity index is 2.86. The van der Waals surface area contributed by atoms with Gasteiger partial charge < -0.3 is 10.5 Å². The molecular weight excluding hydrogens is 205 g/mol. The zero-order chi connectivity index (χ0) is 12.3. The second-order valence-electron chi connectivity index (χ2n) is 5.12. The third-order valence-corrected chi connectivity index (χ3v) is 2.59. The number of nitrogens with two attached hydrogens (primary N) is 1. The van der Waals surface area contributed by atoms with E-state index in [2.05, 4.69) is 20.8 Å². The van der Waals surface area contributed by atoms with Crippen molar-refractivity contribution in [3.8, 4) is 5.75 Å². The molecule has 0 fully saturated rings. The lowest BCUT2D eigenvalue weighted by molar-refractivity contribution is 0.0934. The molecule has 2 N–H and O–H groups in total. The predicted molar refractivity (Wildman–Crippen MR) is 64.1 cm³/mol. The van der Waals surface area contributed by atoms with E-state index in [-0.39, 0.29) is 17.3 Å². The van der Waals surface area contributed by atoms with E-state index in [0.29, 0.717) is 12.3 Å². The lowest BCUT2D eigenvalue weighted by Gasteiger charge is -2.30. The van der Waals surface area contributed by atoms with Gasteiger partial charge in [-0.15, -0.1) is 0 Å². The molecule has 0 amide bonds. The summed E-state index contributed by atoms with van der Waals surface area (Å²) in [7, 11) is 0. The summed E-state index contributed by atoms with van der Waals surface area (Å²) in [5.41, 5.74) is 6.45. The molecule has 0 spiro atoms. The van der Waals surface area contributed by atoms with Crippen LogP contribution in [0.25, 0.3) is 0 Å². The van der Waals surface area contributed by atoms with Crippen LogP contribution in [-0.2, 0) is 0 Å². The first-order chi connectivity index (χ1) is 7.34. The van der Waals surface area contributed by atoms with Crippen LogP contribution in [0, 0.1) is 18.2 Å². The molecule has 0 bridgehead atoms. The Hall–Kier alpha value is -1.09. The molecule has 0 aromatic heterocycles. The van der Waals surface area contributed by atoms with Crippen LogP contribution in [0.15, 0.2) is 18.2 Å². The Morgan fingerprint density at radius 1 is 1.38 bits per heavy atom. The Labute approximate surface area is 96.6 Å². The van der Waals surface area contributed by atoms with Crippen molar-refractivity contribution in [1.82, 2.24) is 0 Å². The minimum atomic E-state index is -0.245. The van der Waals surface area contributed by atoms with Crippen molar-refractivity contribution >= 4 is 0 Å². The second kappa shape index (κ2) is 4.83. The fourth-order valence-electron chi connectivity index (χ4n) is 1.48. The molecule has 1 rings (SSSR count). The average Bonchev–Trinajstić information content (AvgIpc) is 2.14. The Bertz CT molecular complexity index is 357. The number of benzene rings is 1. The van der Waals surface area contributed by atoms with E-state index in [1.807, 2.05) is 6.92 Å². The number of rotatable bonds is 3. The molecule has 0 aliphatic carbocycles. The summed E-state index contributed by atoms with van der Waals surface area (Å²) in [5.74, 6) is 0.455. The van der Waals surface area contributed by atoms with Crippen LogP contribution < -0.4 is 10.5 Å². The maximum atomic E-state index is 12.9. The van der Waals surface area contributed by atoms with Gasteiger partial charge in [0, 0.05) is 12.0 Å². The monoisotopic (exact) mass is 225 g/mol. The Morgan fingerprint density at radius 2 is 2.00 bits per heavy atom. The Kier molecular flexibility index (Phi) is 3.92. The van der Waals surface area contributed by atoms with Crippen LogP contribution in [-0.4, -0.2) is 12.6 Å². The summed E-state index contributed by atoms with van der Waals surface area (Å²) < 4.78 is 18.7. The van der Waals surface area contributed by atoms with Gasteiger partial charge >= 0.3 is 0 Å².